The topological polar surface area (TPSA) is 34.8 Å². The normalized spacial score (nSPS) is 10.7. The number of hydrogen-bond acceptors (Lipinski definition) is 2. The first kappa shape index (κ1) is 9.98. The van der Waals surface area contributed by atoms with Crippen molar-refractivity contribution in [3.8, 4) is 0 Å². The predicted molar refractivity (Wildman–Crippen MR) is 59.4 cm³/mol. The summed E-state index contributed by atoms with van der Waals surface area (Å²) >= 11 is 0. The Labute approximate surface area is 89.5 Å². The highest BCUT2D eigenvalue weighted by Gasteiger charge is 1.96. The molecule has 0 unspecified atom stereocenters. The highest BCUT2D eigenvalue weighted by Crippen LogP contribution is 2.01. The third-order valence-corrected chi connectivity index (χ3v) is 2.34. The second kappa shape index (κ2) is 4.79. The third-order valence-electron chi connectivity index (χ3n) is 2.34. The van der Waals surface area contributed by atoms with Crippen LogP contribution in [-0.2, 0) is 19.6 Å². The van der Waals surface area contributed by atoms with Gasteiger partial charge in [0, 0.05) is 37.9 Å². The molecule has 0 spiro atoms. The second-order valence-electron chi connectivity index (χ2n) is 3.56. The Hall–Kier alpha value is -1.55. The average molecular weight is 204 g/mol. The summed E-state index contributed by atoms with van der Waals surface area (Å²) in [5, 5.41) is 7.30. The molecular formula is C11H16N4. The number of nitrogens with zero attached hydrogens (tertiary/aromatic N) is 3. The summed E-state index contributed by atoms with van der Waals surface area (Å²) in [6.07, 6.45) is 8.07. The molecular weight excluding hydrogens is 188 g/mol. The number of hydrogen-bond donors (Lipinski definition) is 1. The van der Waals surface area contributed by atoms with Crippen molar-refractivity contribution in [2.45, 2.75) is 19.6 Å². The predicted octanol–water partition coefficient (Wildman–Crippen LogP) is 1.10. The van der Waals surface area contributed by atoms with Crippen molar-refractivity contribution in [3.05, 3.63) is 42.5 Å². The Balaban J connectivity index is 1.88. The van der Waals surface area contributed by atoms with Gasteiger partial charge in [0.1, 0.15) is 0 Å². The van der Waals surface area contributed by atoms with E-state index in [1.165, 1.54) is 5.56 Å². The molecule has 0 saturated carbocycles. The number of rotatable bonds is 5. The average Bonchev–Trinajstić information content (AvgIpc) is 2.85. The highest BCUT2D eigenvalue weighted by atomic mass is 15.3. The van der Waals surface area contributed by atoms with E-state index in [4.69, 9.17) is 0 Å². The minimum absolute atomic E-state index is 0.917. The van der Waals surface area contributed by atoms with Crippen molar-refractivity contribution in [2.24, 2.45) is 0 Å². The van der Waals surface area contributed by atoms with Crippen molar-refractivity contribution in [3.63, 3.8) is 0 Å². The van der Waals surface area contributed by atoms with Gasteiger partial charge in [-0.15, -0.1) is 0 Å². The van der Waals surface area contributed by atoms with Crippen LogP contribution >= 0.6 is 0 Å². The molecule has 2 aromatic heterocycles. The van der Waals surface area contributed by atoms with Crippen LogP contribution in [0.15, 0.2) is 36.9 Å². The Morgan fingerprint density at radius 1 is 1.33 bits per heavy atom. The van der Waals surface area contributed by atoms with Crippen LogP contribution in [-0.4, -0.2) is 21.4 Å². The van der Waals surface area contributed by atoms with Gasteiger partial charge in [0.25, 0.3) is 0 Å². The number of nitrogens with one attached hydrogen (secondary N) is 1. The van der Waals surface area contributed by atoms with E-state index in [1.54, 1.807) is 0 Å². The van der Waals surface area contributed by atoms with E-state index < -0.39 is 0 Å². The van der Waals surface area contributed by atoms with Crippen LogP contribution < -0.4 is 5.32 Å². The molecule has 2 aromatic rings. The molecule has 0 fully saturated rings. The van der Waals surface area contributed by atoms with E-state index in [1.807, 2.05) is 30.2 Å². The van der Waals surface area contributed by atoms with E-state index in [0.717, 1.165) is 19.6 Å². The zero-order chi connectivity index (χ0) is 10.5. The zero-order valence-corrected chi connectivity index (χ0v) is 8.93. The van der Waals surface area contributed by atoms with E-state index in [9.17, 15) is 0 Å². The number of aromatic nitrogens is 3. The quantitative estimate of drug-likeness (QED) is 0.791. The van der Waals surface area contributed by atoms with Gasteiger partial charge < -0.3 is 9.88 Å². The Bertz CT molecular complexity index is 388. The standard InChI is InChI=1S/C11H16N4/c1-12-9-11-3-6-14(10-11)7-8-15-5-2-4-13-15/h2-6,10,12H,7-9H2,1H3. The van der Waals surface area contributed by atoms with Crippen LogP contribution in [0.4, 0.5) is 0 Å². The van der Waals surface area contributed by atoms with Crippen molar-refractivity contribution in [2.75, 3.05) is 7.05 Å². The van der Waals surface area contributed by atoms with Crippen molar-refractivity contribution >= 4 is 0 Å². The van der Waals surface area contributed by atoms with Gasteiger partial charge in [-0.3, -0.25) is 4.68 Å². The van der Waals surface area contributed by atoms with Gasteiger partial charge >= 0.3 is 0 Å². The molecule has 0 amide bonds. The summed E-state index contributed by atoms with van der Waals surface area (Å²) in [5.41, 5.74) is 1.32. The van der Waals surface area contributed by atoms with E-state index in [-0.39, 0.29) is 0 Å². The Kier molecular flexibility index (Phi) is 3.19. The van der Waals surface area contributed by atoms with Crippen molar-refractivity contribution in [1.82, 2.24) is 19.7 Å². The molecule has 80 valence electrons. The fraction of sp³-hybridized carbons (Fsp3) is 0.364. The van der Waals surface area contributed by atoms with Crippen LogP contribution in [0.5, 0.6) is 0 Å². The lowest BCUT2D eigenvalue weighted by molar-refractivity contribution is 0.534. The van der Waals surface area contributed by atoms with Crippen molar-refractivity contribution in [1.29, 1.82) is 0 Å². The summed E-state index contributed by atoms with van der Waals surface area (Å²) in [6, 6.07) is 4.09. The van der Waals surface area contributed by atoms with Gasteiger partial charge in [-0.2, -0.15) is 5.10 Å². The van der Waals surface area contributed by atoms with Gasteiger partial charge in [-0.25, -0.2) is 0 Å². The molecule has 0 saturated heterocycles. The van der Waals surface area contributed by atoms with Crippen LogP contribution in [0.25, 0.3) is 0 Å². The van der Waals surface area contributed by atoms with Gasteiger partial charge in [0.15, 0.2) is 0 Å². The highest BCUT2D eigenvalue weighted by molar-refractivity contribution is 5.09. The summed E-state index contributed by atoms with van der Waals surface area (Å²) < 4.78 is 4.13. The first-order chi connectivity index (χ1) is 7.38. The van der Waals surface area contributed by atoms with Gasteiger partial charge in [0.05, 0.1) is 6.54 Å². The molecule has 0 aliphatic rings. The molecule has 0 aromatic carbocycles. The van der Waals surface area contributed by atoms with E-state index in [2.05, 4.69) is 33.4 Å². The first-order valence-electron chi connectivity index (χ1n) is 5.15. The molecule has 0 aliphatic carbocycles. The van der Waals surface area contributed by atoms with Crippen LogP contribution in [0.3, 0.4) is 0 Å². The van der Waals surface area contributed by atoms with E-state index >= 15 is 0 Å². The molecule has 0 aliphatic heterocycles. The summed E-state index contributed by atoms with van der Waals surface area (Å²) in [4.78, 5) is 0. The van der Waals surface area contributed by atoms with Crippen molar-refractivity contribution < 1.29 is 0 Å². The lowest BCUT2D eigenvalue weighted by Gasteiger charge is -2.02. The van der Waals surface area contributed by atoms with Gasteiger partial charge in [-0.05, 0) is 24.7 Å². The third kappa shape index (κ3) is 2.70. The largest absolute Gasteiger partial charge is 0.352 e. The zero-order valence-electron chi connectivity index (χ0n) is 8.93. The fourth-order valence-corrected chi connectivity index (χ4v) is 1.59. The maximum atomic E-state index is 4.17. The molecule has 15 heavy (non-hydrogen) atoms. The minimum atomic E-state index is 0.917. The molecule has 0 bridgehead atoms. The summed E-state index contributed by atoms with van der Waals surface area (Å²) in [6.45, 7) is 2.81. The Morgan fingerprint density at radius 2 is 2.27 bits per heavy atom. The maximum absolute atomic E-state index is 4.17. The second-order valence-corrected chi connectivity index (χ2v) is 3.56. The van der Waals surface area contributed by atoms with Gasteiger partial charge in [-0.1, -0.05) is 0 Å². The smallest absolute Gasteiger partial charge is 0.0588 e. The fourth-order valence-electron chi connectivity index (χ4n) is 1.59. The maximum Gasteiger partial charge on any atom is 0.0588 e. The Morgan fingerprint density at radius 3 is 3.00 bits per heavy atom. The molecule has 4 heteroatoms. The van der Waals surface area contributed by atoms with Crippen LogP contribution in [0.2, 0.25) is 0 Å². The molecule has 2 heterocycles. The summed E-state index contributed by atoms with van der Waals surface area (Å²) in [7, 11) is 1.96. The molecule has 4 nitrogen and oxygen atoms in total. The lowest BCUT2D eigenvalue weighted by Crippen LogP contribution is -2.07. The van der Waals surface area contributed by atoms with Crippen LogP contribution in [0.1, 0.15) is 5.56 Å². The molecule has 2 rings (SSSR count). The number of aryl methyl sites for hydroxylation is 2. The lowest BCUT2D eigenvalue weighted by atomic mass is 10.3. The first-order valence-corrected chi connectivity index (χ1v) is 5.15. The van der Waals surface area contributed by atoms with Gasteiger partial charge in [0.2, 0.25) is 0 Å². The van der Waals surface area contributed by atoms with Crippen LogP contribution in [0, 0.1) is 0 Å². The monoisotopic (exact) mass is 204 g/mol. The molecule has 1 N–H and O–H groups in total. The SMILES string of the molecule is CNCc1ccn(CCn2cccn2)c1. The summed E-state index contributed by atoms with van der Waals surface area (Å²) in [5.74, 6) is 0. The minimum Gasteiger partial charge on any atom is -0.352 e. The molecule has 0 atom stereocenters. The molecule has 0 radical (unpaired) electrons. The van der Waals surface area contributed by atoms with E-state index in [0.29, 0.717) is 0 Å².